The van der Waals surface area contributed by atoms with Crippen molar-refractivity contribution in [3.63, 3.8) is 0 Å². The number of carbonyl (C=O) groups is 1. The van der Waals surface area contributed by atoms with Gasteiger partial charge in [0.1, 0.15) is 5.69 Å². The first-order chi connectivity index (χ1) is 8.38. The van der Waals surface area contributed by atoms with Crippen LogP contribution >= 0.6 is 0 Å². The molecule has 0 saturated carbocycles. The number of alkyl halides is 2. The van der Waals surface area contributed by atoms with Crippen molar-refractivity contribution in [2.24, 2.45) is 0 Å². The molecule has 0 radical (unpaired) electrons. The predicted molar refractivity (Wildman–Crippen MR) is 56.0 cm³/mol. The molecule has 1 aromatic rings. The highest BCUT2D eigenvalue weighted by molar-refractivity contribution is 5.77. The highest BCUT2D eigenvalue weighted by Gasteiger charge is 2.28. The number of methoxy groups -OCH3 is 1. The molecule has 1 rings (SSSR count). The monoisotopic (exact) mass is 261 g/mol. The first-order valence-electron chi connectivity index (χ1n) is 4.65. The van der Waals surface area contributed by atoms with Gasteiger partial charge < -0.3 is 10.5 Å². The predicted octanol–water partition coefficient (Wildman–Crippen LogP) is 1.23. The molecule has 0 amide bonds. The van der Waals surface area contributed by atoms with Crippen LogP contribution in [0.4, 0.5) is 20.2 Å². The van der Waals surface area contributed by atoms with Crippen molar-refractivity contribution in [3.8, 4) is 0 Å². The third-order valence-corrected chi connectivity index (χ3v) is 2.15. The summed E-state index contributed by atoms with van der Waals surface area (Å²) in [4.78, 5) is 23.9. The molecule has 1 aromatic heterocycles. The second-order valence-electron chi connectivity index (χ2n) is 3.24. The van der Waals surface area contributed by atoms with Crippen LogP contribution in [0, 0.1) is 10.1 Å². The Morgan fingerprint density at radius 3 is 2.72 bits per heavy atom. The Balaban J connectivity index is 3.30. The fourth-order valence-electron chi connectivity index (χ4n) is 1.29. The lowest BCUT2D eigenvalue weighted by Crippen LogP contribution is -2.11. The summed E-state index contributed by atoms with van der Waals surface area (Å²) in [5.74, 6) is -0.706. The zero-order valence-corrected chi connectivity index (χ0v) is 9.22. The number of pyridine rings is 1. The molecular weight excluding hydrogens is 252 g/mol. The number of hydrogen-bond donors (Lipinski definition) is 1. The highest BCUT2D eigenvalue weighted by Crippen LogP contribution is 2.33. The van der Waals surface area contributed by atoms with Crippen molar-refractivity contribution in [2.45, 2.75) is 12.8 Å². The third kappa shape index (κ3) is 2.67. The highest BCUT2D eigenvalue weighted by atomic mass is 19.3. The summed E-state index contributed by atoms with van der Waals surface area (Å²) in [7, 11) is 1.12. The summed E-state index contributed by atoms with van der Waals surface area (Å²) >= 11 is 0. The average molecular weight is 261 g/mol. The number of esters is 1. The molecule has 1 heterocycles. The van der Waals surface area contributed by atoms with E-state index in [9.17, 15) is 23.7 Å². The maximum atomic E-state index is 12.5. The molecule has 0 atom stereocenters. The van der Waals surface area contributed by atoms with Crippen LogP contribution < -0.4 is 5.73 Å². The van der Waals surface area contributed by atoms with Crippen LogP contribution in [0.3, 0.4) is 0 Å². The number of hydrogen-bond acceptors (Lipinski definition) is 6. The van der Waals surface area contributed by atoms with Gasteiger partial charge in [0, 0.05) is 11.8 Å². The number of aromatic nitrogens is 1. The van der Waals surface area contributed by atoms with E-state index >= 15 is 0 Å². The van der Waals surface area contributed by atoms with E-state index in [-0.39, 0.29) is 12.0 Å². The molecule has 0 spiro atoms. The zero-order chi connectivity index (χ0) is 13.9. The van der Waals surface area contributed by atoms with E-state index in [0.29, 0.717) is 0 Å². The largest absolute Gasteiger partial charge is 0.469 e. The molecular formula is C9H9F2N3O4. The van der Waals surface area contributed by atoms with Crippen molar-refractivity contribution in [3.05, 3.63) is 27.6 Å². The van der Waals surface area contributed by atoms with Gasteiger partial charge in [-0.15, -0.1) is 0 Å². The SMILES string of the molecule is COC(=O)Cc1cnc(C(F)F)c([N+](=O)[O-])c1N. The molecule has 0 fully saturated rings. The van der Waals surface area contributed by atoms with Crippen LogP contribution in [0.2, 0.25) is 0 Å². The zero-order valence-electron chi connectivity index (χ0n) is 9.22. The van der Waals surface area contributed by atoms with Crippen molar-refractivity contribution in [1.29, 1.82) is 0 Å². The summed E-state index contributed by atoms with van der Waals surface area (Å²) in [6.07, 6.45) is -2.60. The Morgan fingerprint density at radius 1 is 1.67 bits per heavy atom. The van der Waals surface area contributed by atoms with Gasteiger partial charge in [-0.3, -0.25) is 14.9 Å². The van der Waals surface area contributed by atoms with Gasteiger partial charge in [-0.25, -0.2) is 13.8 Å². The molecule has 98 valence electrons. The summed E-state index contributed by atoms with van der Waals surface area (Å²) in [5.41, 5.74) is 2.87. The number of rotatable bonds is 4. The number of anilines is 1. The number of ether oxygens (including phenoxy) is 1. The van der Waals surface area contributed by atoms with Crippen LogP contribution in [0.1, 0.15) is 17.7 Å². The molecule has 0 aliphatic carbocycles. The third-order valence-electron chi connectivity index (χ3n) is 2.15. The van der Waals surface area contributed by atoms with Crippen LogP contribution in [0.15, 0.2) is 6.20 Å². The molecule has 18 heavy (non-hydrogen) atoms. The lowest BCUT2D eigenvalue weighted by atomic mass is 10.1. The van der Waals surface area contributed by atoms with Crippen LogP contribution in [-0.2, 0) is 16.0 Å². The first kappa shape index (κ1) is 13.7. The molecule has 0 aliphatic rings. The van der Waals surface area contributed by atoms with Crippen molar-refractivity contribution < 1.29 is 23.2 Å². The molecule has 0 aromatic carbocycles. The smallest absolute Gasteiger partial charge is 0.319 e. The summed E-state index contributed by atoms with van der Waals surface area (Å²) in [5, 5.41) is 10.7. The van der Waals surface area contributed by atoms with E-state index < -0.39 is 34.4 Å². The molecule has 0 saturated heterocycles. The summed E-state index contributed by atoms with van der Waals surface area (Å²) < 4.78 is 29.4. The summed E-state index contributed by atoms with van der Waals surface area (Å²) in [6.45, 7) is 0. The Kier molecular flexibility index (Phi) is 4.08. The first-order valence-corrected chi connectivity index (χ1v) is 4.65. The van der Waals surface area contributed by atoms with Gasteiger partial charge in [0.25, 0.3) is 6.43 Å². The minimum Gasteiger partial charge on any atom is -0.469 e. The van der Waals surface area contributed by atoms with Gasteiger partial charge in [-0.1, -0.05) is 0 Å². The Labute approximate surface area is 99.7 Å². The fourth-order valence-corrected chi connectivity index (χ4v) is 1.29. The Bertz CT molecular complexity index is 493. The van der Waals surface area contributed by atoms with Gasteiger partial charge in [0.2, 0.25) is 0 Å². The van der Waals surface area contributed by atoms with Crippen LogP contribution in [0.5, 0.6) is 0 Å². The van der Waals surface area contributed by atoms with Gasteiger partial charge in [-0.2, -0.15) is 0 Å². The maximum absolute atomic E-state index is 12.5. The average Bonchev–Trinajstić information content (AvgIpc) is 2.30. The Hall–Kier alpha value is -2.32. The molecule has 0 aliphatic heterocycles. The lowest BCUT2D eigenvalue weighted by Gasteiger charge is -2.07. The number of carbonyl (C=O) groups excluding carboxylic acids is 1. The lowest BCUT2D eigenvalue weighted by molar-refractivity contribution is -0.385. The van der Waals surface area contributed by atoms with E-state index in [1.807, 2.05) is 0 Å². The van der Waals surface area contributed by atoms with Gasteiger partial charge >= 0.3 is 11.7 Å². The molecule has 2 N–H and O–H groups in total. The van der Waals surface area contributed by atoms with E-state index in [1.54, 1.807) is 0 Å². The number of nitrogen functional groups attached to an aromatic ring is 1. The van der Waals surface area contributed by atoms with E-state index in [2.05, 4.69) is 9.72 Å². The number of nitro groups is 1. The molecule has 7 nitrogen and oxygen atoms in total. The molecule has 9 heteroatoms. The minimum atomic E-state index is -3.13. The second-order valence-corrected chi connectivity index (χ2v) is 3.24. The van der Waals surface area contributed by atoms with E-state index in [1.165, 1.54) is 0 Å². The van der Waals surface area contributed by atoms with Crippen LogP contribution in [0.25, 0.3) is 0 Å². The molecule has 0 bridgehead atoms. The van der Waals surface area contributed by atoms with Gasteiger partial charge in [0.05, 0.1) is 18.5 Å². The maximum Gasteiger partial charge on any atom is 0.319 e. The quantitative estimate of drug-likeness (QED) is 0.496. The standard InChI is InChI=1S/C9H9F2N3O4/c1-18-5(15)2-4-3-13-7(9(10)11)8(6(4)12)14(16)17/h3,9H,2H2,1H3,(H2,12,13). The molecule has 0 unspecified atom stereocenters. The van der Waals surface area contributed by atoms with E-state index in [0.717, 1.165) is 13.3 Å². The normalized spacial score (nSPS) is 10.4. The van der Waals surface area contributed by atoms with Crippen molar-refractivity contribution in [1.82, 2.24) is 4.98 Å². The fraction of sp³-hybridized carbons (Fsp3) is 0.333. The Morgan fingerprint density at radius 2 is 2.28 bits per heavy atom. The summed E-state index contributed by atoms with van der Waals surface area (Å²) in [6, 6.07) is 0. The topological polar surface area (TPSA) is 108 Å². The van der Waals surface area contributed by atoms with Gasteiger partial charge in [-0.05, 0) is 0 Å². The van der Waals surface area contributed by atoms with E-state index in [4.69, 9.17) is 5.73 Å². The van der Waals surface area contributed by atoms with Crippen molar-refractivity contribution >= 4 is 17.3 Å². The van der Waals surface area contributed by atoms with Crippen LogP contribution in [-0.4, -0.2) is 23.0 Å². The van der Waals surface area contributed by atoms with Crippen molar-refractivity contribution in [2.75, 3.05) is 12.8 Å². The minimum absolute atomic E-state index is 0.0297. The number of nitrogens with two attached hydrogens (primary N) is 1. The second kappa shape index (κ2) is 5.34. The number of nitrogens with zero attached hydrogens (tertiary/aromatic N) is 2. The van der Waals surface area contributed by atoms with Gasteiger partial charge in [0.15, 0.2) is 5.69 Å². The number of halogens is 2.